The molecule has 0 aliphatic heterocycles. The Bertz CT molecular complexity index is 178. The first kappa shape index (κ1) is 14.2. The molecule has 76 valence electrons. The lowest BCUT2D eigenvalue weighted by Crippen LogP contribution is -2.29. The van der Waals surface area contributed by atoms with E-state index in [0.29, 0.717) is 6.54 Å². The number of carboxylic acid groups (broad SMARTS) is 1. The van der Waals surface area contributed by atoms with E-state index in [2.05, 4.69) is 11.9 Å². The summed E-state index contributed by atoms with van der Waals surface area (Å²) in [6, 6.07) is 0. The lowest BCUT2D eigenvalue weighted by atomic mass is 10.4. The molecule has 13 heavy (non-hydrogen) atoms. The number of nitrogens with two attached hydrogens (primary N) is 1. The minimum Gasteiger partial charge on any atom is -0.478 e. The highest BCUT2D eigenvalue weighted by Crippen LogP contribution is 1.81. The van der Waals surface area contributed by atoms with Gasteiger partial charge in [0, 0.05) is 12.1 Å². The van der Waals surface area contributed by atoms with Gasteiger partial charge in [-0.2, -0.15) is 0 Å². The van der Waals surface area contributed by atoms with Gasteiger partial charge in [0.2, 0.25) is 5.91 Å². The van der Waals surface area contributed by atoms with Gasteiger partial charge in [-0.15, -0.1) is 0 Å². The molecule has 0 unspecified atom stereocenters. The molecule has 5 nitrogen and oxygen atoms in total. The first-order chi connectivity index (χ1) is 5.95. The quantitative estimate of drug-likeness (QED) is 0.531. The fourth-order valence-corrected chi connectivity index (χ4v) is 0.269. The van der Waals surface area contributed by atoms with Gasteiger partial charge < -0.3 is 16.2 Å². The largest absolute Gasteiger partial charge is 0.478 e. The van der Waals surface area contributed by atoms with Crippen LogP contribution in [0.3, 0.4) is 0 Å². The molecule has 0 saturated carbocycles. The highest BCUT2D eigenvalue weighted by atomic mass is 16.4. The number of nitrogens with one attached hydrogen (secondary N) is 1. The van der Waals surface area contributed by atoms with E-state index in [1.807, 2.05) is 6.92 Å². The third-order valence-electron chi connectivity index (χ3n) is 0.924. The maximum atomic E-state index is 10.2. The van der Waals surface area contributed by atoms with Crippen molar-refractivity contribution >= 4 is 11.9 Å². The molecular weight excluding hydrogens is 172 g/mol. The molecule has 0 aromatic carbocycles. The molecule has 4 N–H and O–H groups in total. The number of amides is 1. The van der Waals surface area contributed by atoms with E-state index < -0.39 is 5.97 Å². The van der Waals surface area contributed by atoms with Crippen LogP contribution in [0.5, 0.6) is 0 Å². The van der Waals surface area contributed by atoms with Crippen LogP contribution in [0.1, 0.15) is 13.8 Å². The third kappa shape index (κ3) is 13.6. The molecule has 0 fully saturated rings. The molecule has 0 rings (SSSR count). The summed E-state index contributed by atoms with van der Waals surface area (Å²) in [7, 11) is 0. The Morgan fingerprint density at radius 2 is 1.92 bits per heavy atom. The molecule has 0 aromatic heterocycles. The van der Waals surface area contributed by atoms with Gasteiger partial charge in [-0.1, -0.05) is 6.58 Å². The molecule has 0 aromatic rings. The Balaban J connectivity index is 0. The Kier molecular flexibility index (Phi) is 9.53. The Labute approximate surface area is 77.6 Å². The van der Waals surface area contributed by atoms with Gasteiger partial charge in [-0.25, -0.2) is 4.79 Å². The van der Waals surface area contributed by atoms with Crippen molar-refractivity contribution in [2.45, 2.75) is 13.8 Å². The summed E-state index contributed by atoms with van der Waals surface area (Å²) in [5, 5.41) is 10.4. The van der Waals surface area contributed by atoms with Gasteiger partial charge >= 0.3 is 5.97 Å². The number of carbonyl (C=O) groups is 2. The van der Waals surface area contributed by atoms with Crippen LogP contribution in [0, 0.1) is 0 Å². The minimum atomic E-state index is -0.935. The summed E-state index contributed by atoms with van der Waals surface area (Å²) in [5.74, 6) is -1.03. The number of hydrogen-bond acceptors (Lipinski definition) is 3. The third-order valence-corrected chi connectivity index (χ3v) is 0.924. The molecule has 0 aliphatic rings. The Morgan fingerprint density at radius 1 is 1.54 bits per heavy atom. The van der Waals surface area contributed by atoms with Gasteiger partial charge in [0.1, 0.15) is 0 Å². The molecular formula is C8H16N2O3. The van der Waals surface area contributed by atoms with E-state index in [1.165, 1.54) is 6.92 Å². The Hall–Kier alpha value is -1.36. The predicted molar refractivity (Wildman–Crippen MR) is 50.2 cm³/mol. The summed E-state index contributed by atoms with van der Waals surface area (Å²) in [4.78, 5) is 19.8. The maximum Gasteiger partial charge on any atom is 0.330 e. The predicted octanol–water partition coefficient (Wildman–Crippen LogP) is -0.272. The number of likely N-dealkylation sites (N-methyl/N-ethyl adjacent to an activating group) is 1. The second-order valence-corrected chi connectivity index (χ2v) is 2.24. The van der Waals surface area contributed by atoms with E-state index in [9.17, 15) is 9.59 Å². The van der Waals surface area contributed by atoms with Gasteiger partial charge in [0.25, 0.3) is 0 Å². The fraction of sp³-hybridized carbons (Fsp3) is 0.500. The number of aliphatic carboxylic acids is 1. The highest BCUT2D eigenvalue weighted by molar-refractivity contribution is 5.84. The zero-order chi connectivity index (χ0) is 10.9. The lowest BCUT2D eigenvalue weighted by molar-refractivity contribution is -0.132. The maximum absolute atomic E-state index is 10.2. The van der Waals surface area contributed by atoms with Crippen molar-refractivity contribution in [1.82, 2.24) is 5.32 Å². The van der Waals surface area contributed by atoms with Crippen LogP contribution in [0.2, 0.25) is 0 Å². The lowest BCUT2D eigenvalue weighted by Gasteiger charge is -1.93. The van der Waals surface area contributed by atoms with E-state index >= 15 is 0 Å². The standard InChI is InChI=1S/C4H10N2O.C4H6O2/c1-2-6-4(7)3-5;1-3(2)4(5)6/h2-3,5H2,1H3,(H,6,7);1H2,2H3,(H,5,6). The average Bonchev–Trinajstić information content (AvgIpc) is 2.05. The normalized spacial score (nSPS) is 7.92. The first-order valence-corrected chi connectivity index (χ1v) is 3.81. The van der Waals surface area contributed by atoms with Gasteiger partial charge in [0.15, 0.2) is 0 Å². The molecule has 0 atom stereocenters. The SMILES string of the molecule is C=C(C)C(=O)O.CCNC(=O)CN. The molecule has 0 radical (unpaired) electrons. The zero-order valence-electron chi connectivity index (χ0n) is 7.96. The van der Waals surface area contributed by atoms with Crippen LogP contribution in [-0.2, 0) is 9.59 Å². The zero-order valence-corrected chi connectivity index (χ0v) is 7.96. The van der Waals surface area contributed by atoms with Crippen molar-refractivity contribution in [3.63, 3.8) is 0 Å². The number of rotatable bonds is 3. The number of carboxylic acids is 1. The highest BCUT2D eigenvalue weighted by Gasteiger charge is 1.90. The van der Waals surface area contributed by atoms with E-state index in [0.717, 1.165) is 0 Å². The molecule has 0 heterocycles. The fourth-order valence-electron chi connectivity index (χ4n) is 0.269. The number of carbonyl (C=O) groups excluding carboxylic acids is 1. The summed E-state index contributed by atoms with van der Waals surface area (Å²) in [5.41, 5.74) is 5.12. The van der Waals surface area contributed by atoms with Crippen molar-refractivity contribution in [2.75, 3.05) is 13.1 Å². The van der Waals surface area contributed by atoms with E-state index in [-0.39, 0.29) is 18.0 Å². The summed E-state index contributed by atoms with van der Waals surface area (Å²) < 4.78 is 0. The molecule has 5 heteroatoms. The molecule has 1 amide bonds. The monoisotopic (exact) mass is 188 g/mol. The van der Waals surface area contributed by atoms with Crippen LogP contribution in [0.25, 0.3) is 0 Å². The van der Waals surface area contributed by atoms with Crippen LogP contribution >= 0.6 is 0 Å². The van der Waals surface area contributed by atoms with Crippen molar-refractivity contribution in [3.05, 3.63) is 12.2 Å². The van der Waals surface area contributed by atoms with E-state index in [1.54, 1.807) is 0 Å². The van der Waals surface area contributed by atoms with Gasteiger partial charge in [-0.3, -0.25) is 4.79 Å². The van der Waals surface area contributed by atoms with Crippen molar-refractivity contribution in [1.29, 1.82) is 0 Å². The van der Waals surface area contributed by atoms with Gasteiger partial charge in [0.05, 0.1) is 6.54 Å². The summed E-state index contributed by atoms with van der Waals surface area (Å²) in [6.07, 6.45) is 0. The smallest absolute Gasteiger partial charge is 0.330 e. The second kappa shape index (κ2) is 8.73. The second-order valence-electron chi connectivity index (χ2n) is 2.24. The topological polar surface area (TPSA) is 92.4 Å². The molecule has 0 saturated heterocycles. The first-order valence-electron chi connectivity index (χ1n) is 3.81. The Morgan fingerprint density at radius 3 is 2.00 bits per heavy atom. The van der Waals surface area contributed by atoms with Crippen LogP contribution in [0.4, 0.5) is 0 Å². The summed E-state index contributed by atoms with van der Waals surface area (Å²) in [6.45, 7) is 7.21. The average molecular weight is 188 g/mol. The van der Waals surface area contributed by atoms with Crippen LogP contribution in [0.15, 0.2) is 12.2 Å². The van der Waals surface area contributed by atoms with Crippen LogP contribution < -0.4 is 11.1 Å². The van der Waals surface area contributed by atoms with E-state index in [4.69, 9.17) is 10.8 Å². The molecule has 0 spiro atoms. The van der Waals surface area contributed by atoms with Gasteiger partial charge in [-0.05, 0) is 13.8 Å². The molecule has 0 bridgehead atoms. The minimum absolute atomic E-state index is 0.0911. The number of hydrogen-bond donors (Lipinski definition) is 3. The summed E-state index contributed by atoms with van der Waals surface area (Å²) >= 11 is 0. The van der Waals surface area contributed by atoms with Crippen molar-refractivity contribution in [3.8, 4) is 0 Å². The van der Waals surface area contributed by atoms with Crippen molar-refractivity contribution < 1.29 is 14.7 Å². The van der Waals surface area contributed by atoms with Crippen LogP contribution in [-0.4, -0.2) is 30.1 Å². The molecule has 0 aliphatic carbocycles. The van der Waals surface area contributed by atoms with Crippen molar-refractivity contribution in [2.24, 2.45) is 5.73 Å².